The molecule has 4 nitrogen and oxygen atoms in total. The first-order valence-corrected chi connectivity index (χ1v) is 3.50. The maximum atomic E-state index is 10.1. The average Bonchev–Trinajstić information content (AvgIpc) is 2.19. The van der Waals surface area contributed by atoms with Crippen LogP contribution in [0.1, 0.15) is 5.56 Å². The molecule has 0 fully saturated rings. The summed E-state index contributed by atoms with van der Waals surface area (Å²) in [5.74, 6) is 0.669. The minimum Gasteiger partial charge on any atom is -0.493 e. The molecule has 0 spiro atoms. The Morgan fingerprint density at radius 1 is 1.46 bits per heavy atom. The first kappa shape index (κ1) is 9.07. The number of nitriles is 1. The predicted octanol–water partition coefficient (Wildman–Crippen LogP) is 1.10. The Bertz CT molecular complexity index is 354. The first-order chi connectivity index (χ1) is 6.31. The molecule has 0 bridgehead atoms. The molecule has 1 aromatic rings. The summed E-state index contributed by atoms with van der Waals surface area (Å²) < 4.78 is 9.52. The molecule has 0 aliphatic carbocycles. The van der Waals surface area contributed by atoms with Gasteiger partial charge in [-0.05, 0) is 12.1 Å². The third-order valence-electron chi connectivity index (χ3n) is 1.47. The molecule has 0 aliphatic heterocycles. The lowest BCUT2D eigenvalue weighted by molar-refractivity contribution is -0.120. The number of methoxy groups -OCH3 is 1. The van der Waals surface area contributed by atoms with E-state index in [2.05, 4.69) is 4.74 Å². The van der Waals surface area contributed by atoms with E-state index in [1.807, 2.05) is 6.07 Å². The topological polar surface area (TPSA) is 59.3 Å². The van der Waals surface area contributed by atoms with Crippen LogP contribution in [-0.4, -0.2) is 13.6 Å². The Kier molecular flexibility index (Phi) is 2.87. The smallest absolute Gasteiger partial charge is 0.298 e. The van der Waals surface area contributed by atoms with Gasteiger partial charge < -0.3 is 9.47 Å². The van der Waals surface area contributed by atoms with Crippen molar-refractivity contribution in [2.75, 3.05) is 7.11 Å². The van der Waals surface area contributed by atoms with Crippen LogP contribution in [0.15, 0.2) is 18.2 Å². The largest absolute Gasteiger partial charge is 0.493 e. The minimum absolute atomic E-state index is 0.302. The van der Waals surface area contributed by atoms with Crippen LogP contribution in [0.3, 0.4) is 0 Å². The highest BCUT2D eigenvalue weighted by atomic mass is 16.5. The molecule has 1 aromatic carbocycles. The van der Waals surface area contributed by atoms with Gasteiger partial charge in [-0.25, -0.2) is 0 Å². The second-order valence-corrected chi connectivity index (χ2v) is 2.19. The summed E-state index contributed by atoms with van der Waals surface area (Å²) in [5.41, 5.74) is 0.454. The Labute approximate surface area is 75.3 Å². The van der Waals surface area contributed by atoms with Crippen LogP contribution in [0, 0.1) is 11.3 Å². The van der Waals surface area contributed by atoms with Gasteiger partial charge in [-0.1, -0.05) is 0 Å². The summed E-state index contributed by atoms with van der Waals surface area (Å²) in [6.45, 7) is 0.309. The van der Waals surface area contributed by atoms with Crippen LogP contribution in [0.5, 0.6) is 11.5 Å². The SMILES string of the molecule is COc1cc(C#N)ccc1OC=O. The lowest BCUT2D eigenvalue weighted by Gasteiger charge is -2.04. The molecule has 0 amide bonds. The second kappa shape index (κ2) is 4.12. The van der Waals surface area contributed by atoms with Crippen molar-refractivity contribution < 1.29 is 14.3 Å². The number of carbonyl (C=O) groups is 1. The van der Waals surface area contributed by atoms with Crippen molar-refractivity contribution in [1.29, 1.82) is 5.26 Å². The number of hydrogen-bond donors (Lipinski definition) is 0. The minimum atomic E-state index is 0.302. The molecule has 0 saturated carbocycles. The standard InChI is InChI=1S/C9H7NO3/c1-12-9-4-7(5-10)2-3-8(9)13-6-11/h2-4,6H,1H3. The van der Waals surface area contributed by atoms with E-state index in [1.54, 1.807) is 6.07 Å². The summed E-state index contributed by atoms with van der Waals surface area (Å²) in [5, 5.41) is 8.56. The molecule has 0 aliphatic rings. The molecule has 0 heterocycles. The first-order valence-electron chi connectivity index (χ1n) is 3.50. The van der Waals surface area contributed by atoms with E-state index in [9.17, 15) is 4.79 Å². The fourth-order valence-electron chi connectivity index (χ4n) is 0.886. The molecular formula is C9H7NO3. The number of nitrogens with zero attached hydrogens (tertiary/aromatic N) is 1. The lowest BCUT2D eigenvalue weighted by atomic mass is 10.2. The van der Waals surface area contributed by atoms with Crippen molar-refractivity contribution in [3.63, 3.8) is 0 Å². The van der Waals surface area contributed by atoms with Gasteiger partial charge in [0.25, 0.3) is 6.47 Å². The van der Waals surface area contributed by atoms with Crippen LogP contribution >= 0.6 is 0 Å². The zero-order valence-corrected chi connectivity index (χ0v) is 6.98. The van der Waals surface area contributed by atoms with E-state index in [0.29, 0.717) is 23.5 Å². The van der Waals surface area contributed by atoms with Crippen LogP contribution in [-0.2, 0) is 4.79 Å². The van der Waals surface area contributed by atoms with Crippen molar-refractivity contribution in [2.24, 2.45) is 0 Å². The normalized spacial score (nSPS) is 8.62. The molecule has 66 valence electrons. The summed E-state index contributed by atoms with van der Waals surface area (Å²) in [4.78, 5) is 10.1. The zero-order valence-electron chi connectivity index (χ0n) is 6.98. The van der Waals surface area contributed by atoms with E-state index in [0.717, 1.165) is 0 Å². The quantitative estimate of drug-likeness (QED) is 0.648. The molecule has 0 unspecified atom stereocenters. The Morgan fingerprint density at radius 2 is 2.23 bits per heavy atom. The third kappa shape index (κ3) is 1.97. The highest BCUT2D eigenvalue weighted by Crippen LogP contribution is 2.27. The Morgan fingerprint density at radius 3 is 2.77 bits per heavy atom. The number of benzene rings is 1. The molecule has 1 rings (SSSR count). The molecule has 0 atom stereocenters. The lowest BCUT2D eigenvalue weighted by Crippen LogP contribution is -1.93. The van der Waals surface area contributed by atoms with Gasteiger partial charge in [0.2, 0.25) is 0 Å². The van der Waals surface area contributed by atoms with Crippen LogP contribution < -0.4 is 9.47 Å². The highest BCUT2D eigenvalue weighted by Gasteiger charge is 2.04. The van der Waals surface area contributed by atoms with Gasteiger partial charge in [0.05, 0.1) is 18.7 Å². The van der Waals surface area contributed by atoms with Crippen LogP contribution in [0.4, 0.5) is 0 Å². The Balaban J connectivity index is 3.09. The van der Waals surface area contributed by atoms with Gasteiger partial charge in [0.1, 0.15) is 0 Å². The zero-order chi connectivity index (χ0) is 9.68. The monoisotopic (exact) mass is 177 g/mol. The maximum Gasteiger partial charge on any atom is 0.298 e. The number of rotatable bonds is 3. The highest BCUT2D eigenvalue weighted by molar-refractivity contribution is 5.53. The van der Waals surface area contributed by atoms with Crippen molar-refractivity contribution in [1.82, 2.24) is 0 Å². The van der Waals surface area contributed by atoms with Gasteiger partial charge in [-0.15, -0.1) is 0 Å². The summed E-state index contributed by atoms with van der Waals surface area (Å²) in [7, 11) is 1.44. The fraction of sp³-hybridized carbons (Fsp3) is 0.111. The van der Waals surface area contributed by atoms with E-state index in [-0.39, 0.29) is 0 Å². The Hall–Kier alpha value is -2.02. The summed E-state index contributed by atoms with van der Waals surface area (Å²) in [6, 6.07) is 6.49. The molecular weight excluding hydrogens is 170 g/mol. The van der Waals surface area contributed by atoms with Gasteiger partial charge in [0.15, 0.2) is 11.5 Å². The van der Waals surface area contributed by atoms with Crippen LogP contribution in [0.2, 0.25) is 0 Å². The predicted molar refractivity (Wildman–Crippen MR) is 44.4 cm³/mol. The van der Waals surface area contributed by atoms with Crippen molar-refractivity contribution in [3.05, 3.63) is 23.8 Å². The van der Waals surface area contributed by atoms with Gasteiger partial charge in [-0.2, -0.15) is 5.26 Å². The van der Waals surface area contributed by atoms with Crippen molar-refractivity contribution in [3.8, 4) is 17.6 Å². The number of ether oxygens (including phenoxy) is 2. The molecule has 13 heavy (non-hydrogen) atoms. The maximum absolute atomic E-state index is 10.1. The molecule has 0 aromatic heterocycles. The summed E-state index contributed by atoms with van der Waals surface area (Å²) >= 11 is 0. The van der Waals surface area contributed by atoms with E-state index in [1.165, 1.54) is 19.2 Å². The van der Waals surface area contributed by atoms with Gasteiger partial charge in [-0.3, -0.25) is 4.79 Å². The number of hydrogen-bond acceptors (Lipinski definition) is 4. The molecule has 0 saturated heterocycles. The number of carbonyl (C=O) groups excluding carboxylic acids is 1. The molecule has 0 radical (unpaired) electrons. The van der Waals surface area contributed by atoms with Gasteiger partial charge >= 0.3 is 0 Å². The molecule has 0 N–H and O–H groups in total. The fourth-order valence-corrected chi connectivity index (χ4v) is 0.886. The molecule has 4 heteroatoms. The van der Waals surface area contributed by atoms with E-state index < -0.39 is 0 Å². The van der Waals surface area contributed by atoms with Crippen molar-refractivity contribution >= 4 is 6.47 Å². The van der Waals surface area contributed by atoms with Gasteiger partial charge in [0, 0.05) is 6.07 Å². The van der Waals surface area contributed by atoms with E-state index in [4.69, 9.17) is 10.00 Å². The summed E-state index contributed by atoms with van der Waals surface area (Å²) in [6.07, 6.45) is 0. The van der Waals surface area contributed by atoms with E-state index >= 15 is 0 Å². The third-order valence-corrected chi connectivity index (χ3v) is 1.47. The average molecular weight is 177 g/mol. The second-order valence-electron chi connectivity index (χ2n) is 2.19. The van der Waals surface area contributed by atoms with Crippen molar-refractivity contribution in [2.45, 2.75) is 0 Å². The van der Waals surface area contributed by atoms with Crippen LogP contribution in [0.25, 0.3) is 0 Å².